The summed E-state index contributed by atoms with van der Waals surface area (Å²) in [5, 5.41) is 34.2. The summed E-state index contributed by atoms with van der Waals surface area (Å²) in [5.74, 6) is 0.239. The van der Waals surface area contributed by atoms with E-state index in [0.717, 1.165) is 12.8 Å². The van der Waals surface area contributed by atoms with E-state index in [1.165, 1.54) is 25.2 Å². The Morgan fingerprint density at radius 2 is 1.93 bits per heavy atom. The Morgan fingerprint density at radius 1 is 1.13 bits per heavy atom. The van der Waals surface area contributed by atoms with Crippen molar-refractivity contribution in [3.05, 3.63) is 62.9 Å². The van der Waals surface area contributed by atoms with Gasteiger partial charge in [-0.05, 0) is 71.3 Å². The first-order valence-electron chi connectivity index (χ1n) is 14.7. The zero-order chi connectivity index (χ0) is 32.1. The summed E-state index contributed by atoms with van der Waals surface area (Å²) >= 11 is 2.05. The van der Waals surface area contributed by atoms with Gasteiger partial charge in [-0.2, -0.15) is 0 Å². The summed E-state index contributed by atoms with van der Waals surface area (Å²) in [6.45, 7) is 0.284. The Balaban J connectivity index is 1.54. The Bertz CT molecular complexity index is 1550. The number of hydrogen-bond acceptors (Lipinski definition) is 10. The van der Waals surface area contributed by atoms with Crippen LogP contribution in [0.3, 0.4) is 0 Å². The summed E-state index contributed by atoms with van der Waals surface area (Å²) in [7, 11) is 2.98. The van der Waals surface area contributed by atoms with Gasteiger partial charge in [0.05, 0.1) is 43.1 Å². The van der Waals surface area contributed by atoms with E-state index in [1.807, 2.05) is 6.07 Å². The number of aliphatic hydroxyl groups excluding tert-OH is 3. The monoisotopic (exact) mass is 736 g/mol. The number of hydrogen-bond donors (Lipinski definition) is 4. The number of furan rings is 1. The van der Waals surface area contributed by atoms with Crippen molar-refractivity contribution < 1.29 is 48.3 Å². The molecule has 4 N–H and O–H groups in total. The van der Waals surface area contributed by atoms with Gasteiger partial charge in [0, 0.05) is 37.1 Å². The molecule has 13 heteroatoms. The fourth-order valence-corrected chi connectivity index (χ4v) is 6.51. The van der Waals surface area contributed by atoms with Crippen molar-refractivity contribution in [3.63, 3.8) is 0 Å². The molecular weight excluding hydrogens is 699 g/mol. The van der Waals surface area contributed by atoms with E-state index < -0.39 is 30.1 Å². The molecule has 4 atom stereocenters. The van der Waals surface area contributed by atoms with Crippen LogP contribution in [0.1, 0.15) is 35.4 Å². The average Bonchev–Trinajstić information content (AvgIpc) is 3.74. The molecule has 2 amide bonds. The molecule has 3 aromatic rings. The number of nitrogens with one attached hydrogen (secondary N) is 1. The molecule has 0 bridgehead atoms. The van der Waals surface area contributed by atoms with Crippen molar-refractivity contribution in [1.29, 1.82) is 0 Å². The Kier molecular flexibility index (Phi) is 10.9. The first kappa shape index (κ1) is 33.0. The second-order valence-electron chi connectivity index (χ2n) is 10.9. The molecule has 1 aliphatic carbocycles. The number of carbonyl (C=O) groups excluding carboxylic acids is 2. The average molecular weight is 737 g/mol. The van der Waals surface area contributed by atoms with Crippen LogP contribution < -0.4 is 19.5 Å². The minimum atomic E-state index is -1.28. The second kappa shape index (κ2) is 14.8. The van der Waals surface area contributed by atoms with Gasteiger partial charge in [-0.1, -0.05) is 12.1 Å². The van der Waals surface area contributed by atoms with E-state index in [2.05, 4.69) is 27.9 Å². The predicted molar refractivity (Wildman–Crippen MR) is 171 cm³/mol. The van der Waals surface area contributed by atoms with Crippen LogP contribution >= 0.6 is 22.6 Å². The van der Waals surface area contributed by atoms with Gasteiger partial charge in [-0.3, -0.25) is 9.59 Å². The number of benzene rings is 2. The lowest BCUT2D eigenvalue weighted by molar-refractivity contribution is -0.118. The fraction of sp³-hybridized carbons (Fsp3) is 0.438. The normalized spacial score (nSPS) is 21.3. The molecule has 1 aliphatic heterocycles. The van der Waals surface area contributed by atoms with Crippen molar-refractivity contribution in [2.24, 2.45) is 0 Å². The lowest BCUT2D eigenvalue weighted by atomic mass is 9.87. The lowest BCUT2D eigenvalue weighted by Crippen LogP contribution is -2.56. The van der Waals surface area contributed by atoms with Crippen LogP contribution in [-0.2, 0) is 16.1 Å². The molecule has 2 heterocycles. The molecular formula is C32H37IN2O10. The quantitative estimate of drug-likeness (QED) is 0.204. The molecule has 0 radical (unpaired) electrons. The smallest absolute Gasteiger partial charge is 0.290 e. The third-order valence-corrected chi connectivity index (χ3v) is 8.77. The molecule has 0 saturated carbocycles. The van der Waals surface area contributed by atoms with Gasteiger partial charge in [0.2, 0.25) is 5.91 Å². The second-order valence-corrected chi connectivity index (χ2v) is 12.0. The number of carbonyl (C=O) groups is 2. The highest BCUT2D eigenvalue weighted by molar-refractivity contribution is 14.1. The minimum absolute atomic E-state index is 0.0119. The molecule has 1 saturated heterocycles. The van der Waals surface area contributed by atoms with E-state index in [-0.39, 0.29) is 50.2 Å². The maximum absolute atomic E-state index is 14.3. The molecule has 1 aromatic heterocycles. The number of halogens is 1. The van der Waals surface area contributed by atoms with Crippen LogP contribution in [0.4, 0.5) is 0 Å². The van der Waals surface area contributed by atoms with Crippen LogP contribution in [0, 0.1) is 3.57 Å². The number of amides is 2. The van der Waals surface area contributed by atoms with Gasteiger partial charge in [0.15, 0.2) is 28.6 Å². The van der Waals surface area contributed by atoms with Crippen LogP contribution in [-0.4, -0.2) is 96.9 Å². The third-order valence-electron chi connectivity index (χ3n) is 7.96. The Morgan fingerprint density at radius 3 is 2.62 bits per heavy atom. The molecule has 0 spiro atoms. The predicted octanol–water partition coefficient (Wildman–Crippen LogP) is 2.78. The summed E-state index contributed by atoms with van der Waals surface area (Å²) in [6, 6.07) is 9.42. The number of para-hydroxylation sites is 1. The van der Waals surface area contributed by atoms with Gasteiger partial charge in [-0.15, -0.1) is 0 Å². The largest absolute Gasteiger partial charge is 0.493 e. The zero-order valence-corrected chi connectivity index (χ0v) is 27.2. The number of fused-ring (bicyclic) bond motifs is 1. The minimum Gasteiger partial charge on any atom is -0.493 e. The van der Waals surface area contributed by atoms with Crippen molar-refractivity contribution in [1.82, 2.24) is 10.2 Å². The molecule has 45 heavy (non-hydrogen) atoms. The van der Waals surface area contributed by atoms with Crippen molar-refractivity contribution in [3.8, 4) is 17.2 Å². The maximum Gasteiger partial charge on any atom is 0.290 e. The lowest BCUT2D eigenvalue weighted by Gasteiger charge is -2.41. The number of aliphatic hydroxyl groups is 3. The first-order valence-corrected chi connectivity index (χ1v) is 15.8. The van der Waals surface area contributed by atoms with Crippen molar-refractivity contribution >= 4 is 45.4 Å². The van der Waals surface area contributed by atoms with Gasteiger partial charge in [0.1, 0.15) is 12.2 Å². The van der Waals surface area contributed by atoms with E-state index in [9.17, 15) is 24.9 Å². The highest BCUT2D eigenvalue weighted by Gasteiger charge is 2.43. The van der Waals surface area contributed by atoms with Crippen LogP contribution in [0.5, 0.6) is 17.2 Å². The van der Waals surface area contributed by atoms with Crippen LogP contribution in [0.15, 0.2) is 52.5 Å². The van der Waals surface area contributed by atoms with Crippen molar-refractivity contribution in [2.45, 2.75) is 50.2 Å². The van der Waals surface area contributed by atoms with Crippen LogP contribution in [0.2, 0.25) is 0 Å². The number of nitrogens with zero attached hydrogens (tertiary/aromatic N) is 1. The summed E-state index contributed by atoms with van der Waals surface area (Å²) in [4.78, 5) is 29.0. The highest BCUT2D eigenvalue weighted by atomic mass is 127. The van der Waals surface area contributed by atoms with Gasteiger partial charge in [0.25, 0.3) is 5.91 Å². The van der Waals surface area contributed by atoms with Gasteiger partial charge >= 0.3 is 0 Å². The SMILES string of the molecule is COc1cc(CO)cc(I)c1O[C@H]1C=C(C(=O)NCCO)C[C@@H](N(C[C@@H]2CCCO2)C(=O)c2cc3cccc(OC)c3o2)[C@@H]1O. The van der Waals surface area contributed by atoms with E-state index in [1.54, 1.807) is 30.3 Å². The van der Waals surface area contributed by atoms with Crippen LogP contribution in [0.25, 0.3) is 11.0 Å². The zero-order valence-electron chi connectivity index (χ0n) is 25.0. The molecule has 12 nitrogen and oxygen atoms in total. The van der Waals surface area contributed by atoms with E-state index in [0.29, 0.717) is 44.0 Å². The molecule has 242 valence electrons. The molecule has 2 aliphatic rings. The summed E-state index contributed by atoms with van der Waals surface area (Å²) in [5.41, 5.74) is 1.31. The topological polar surface area (TPSA) is 160 Å². The first-order chi connectivity index (χ1) is 21.8. The van der Waals surface area contributed by atoms with Gasteiger partial charge < -0.3 is 48.9 Å². The maximum atomic E-state index is 14.3. The van der Waals surface area contributed by atoms with E-state index >= 15 is 0 Å². The molecule has 1 fully saturated rings. The summed E-state index contributed by atoms with van der Waals surface area (Å²) in [6.07, 6.45) is 0.487. The summed E-state index contributed by atoms with van der Waals surface area (Å²) < 4.78 is 29.8. The van der Waals surface area contributed by atoms with Gasteiger partial charge in [-0.25, -0.2) is 0 Å². The number of rotatable bonds is 12. The Hall–Kier alpha value is -3.37. The molecule has 2 aromatic carbocycles. The standard InChI is InChI=1S/C32H37IN2O10/c1-41-24-7-3-5-19-14-27(45-29(19)24)32(40)35(16-21-6-4-10-43-21)23-13-20(31(39)34-8-9-36)15-25(28(23)38)44-30-22(33)11-18(17-37)12-26(30)42-2/h3,5,7,11-12,14-15,21,23,25,28,36-38H,4,6,8-10,13,16-17H2,1-2H3,(H,34,39)/t21-,23+,25-,28-/m0/s1. The number of ether oxygens (including phenoxy) is 4. The fourth-order valence-electron chi connectivity index (χ4n) is 5.72. The Labute approximate surface area is 274 Å². The molecule has 0 unspecified atom stereocenters. The highest BCUT2D eigenvalue weighted by Crippen LogP contribution is 2.38. The van der Waals surface area contributed by atoms with E-state index in [4.69, 9.17) is 23.4 Å². The number of methoxy groups -OCH3 is 2. The molecule has 5 rings (SSSR count). The third kappa shape index (κ3) is 7.22. The van der Waals surface area contributed by atoms with Crippen molar-refractivity contribution in [2.75, 3.05) is 40.5 Å².